The van der Waals surface area contributed by atoms with Gasteiger partial charge in [-0.05, 0) is 47.8 Å². The molecule has 2 aromatic carbocycles. The Bertz CT molecular complexity index is 1190. The van der Waals surface area contributed by atoms with Gasteiger partial charge in [0.2, 0.25) is 13.6 Å². The second-order valence-corrected chi connectivity index (χ2v) is 12.2. The van der Waals surface area contributed by atoms with Gasteiger partial charge in [0, 0.05) is 14.4 Å². The van der Waals surface area contributed by atoms with Crippen molar-refractivity contribution >= 4 is 52.0 Å². The average molecular weight is 621 g/mol. The Morgan fingerprint density at radius 1 is 0.667 bits per heavy atom. The Hall–Kier alpha value is -1.44. The van der Waals surface area contributed by atoms with Crippen molar-refractivity contribution in [3.05, 3.63) is 48.5 Å². The molecule has 0 saturated carbocycles. The lowest BCUT2D eigenvalue weighted by molar-refractivity contribution is -0.0338. The topological polar surface area (TPSA) is 122 Å². The molecule has 0 unspecified atom stereocenters. The summed E-state index contributed by atoms with van der Waals surface area (Å²) in [4.78, 5) is -3.10. The Kier molecular flexibility index (Phi) is 10.6. The standard InChI is InChI=1S/C16H12F6O9PS4/c17-15(18,19)33-11-5-1-3-7-13(11)35(24,25)30-9-28-32(23)29-10-31-36(26,27)14-8-4-2-6-12(14)34-16(20,21)22/h1-8H,9-10H2/q+1. The lowest BCUT2D eigenvalue weighted by atomic mass is 10.4. The van der Waals surface area contributed by atoms with Gasteiger partial charge in [0.15, 0.2) is 0 Å². The van der Waals surface area contributed by atoms with Gasteiger partial charge in [0.05, 0.1) is 0 Å². The van der Waals surface area contributed by atoms with E-state index in [0.29, 0.717) is 0 Å². The molecule has 0 fully saturated rings. The lowest BCUT2D eigenvalue weighted by Crippen LogP contribution is -2.12. The van der Waals surface area contributed by atoms with Crippen LogP contribution in [0, 0.1) is 0 Å². The van der Waals surface area contributed by atoms with Crippen molar-refractivity contribution in [3.63, 3.8) is 0 Å². The molecule has 2 rings (SSSR count). The molecule has 0 saturated heterocycles. The van der Waals surface area contributed by atoms with Crippen molar-refractivity contribution in [2.75, 3.05) is 13.6 Å². The maximum atomic E-state index is 12.6. The molecule has 0 aliphatic rings. The second kappa shape index (κ2) is 12.4. The first kappa shape index (κ1) is 30.8. The third-order valence-electron chi connectivity index (χ3n) is 3.41. The van der Waals surface area contributed by atoms with Crippen LogP contribution in [0.2, 0.25) is 0 Å². The summed E-state index contributed by atoms with van der Waals surface area (Å²) in [5.74, 6) is 0. The summed E-state index contributed by atoms with van der Waals surface area (Å²) in [5, 5.41) is 0. The van der Waals surface area contributed by atoms with Gasteiger partial charge in [0.25, 0.3) is 0 Å². The fraction of sp³-hybridized carbons (Fsp3) is 0.250. The molecule has 0 N–H and O–H groups in total. The van der Waals surface area contributed by atoms with Crippen LogP contribution in [0.3, 0.4) is 0 Å². The predicted octanol–water partition coefficient (Wildman–Crippen LogP) is 5.63. The molecule has 0 aliphatic heterocycles. The highest BCUT2D eigenvalue weighted by Crippen LogP contribution is 2.41. The number of benzene rings is 2. The zero-order chi connectivity index (χ0) is 27.2. The Morgan fingerprint density at radius 3 is 1.33 bits per heavy atom. The lowest BCUT2D eigenvalue weighted by Gasteiger charge is -2.10. The van der Waals surface area contributed by atoms with E-state index in [-0.39, 0.29) is 0 Å². The van der Waals surface area contributed by atoms with Crippen LogP contribution in [-0.2, 0) is 42.2 Å². The van der Waals surface area contributed by atoms with E-state index in [4.69, 9.17) is 0 Å². The van der Waals surface area contributed by atoms with Crippen LogP contribution >= 0.6 is 31.8 Å². The van der Waals surface area contributed by atoms with Crippen LogP contribution in [0.4, 0.5) is 26.3 Å². The van der Waals surface area contributed by atoms with E-state index >= 15 is 0 Å². The van der Waals surface area contributed by atoms with E-state index in [1.807, 2.05) is 0 Å². The average Bonchev–Trinajstić information content (AvgIpc) is 2.71. The minimum Gasteiger partial charge on any atom is -0.232 e. The summed E-state index contributed by atoms with van der Waals surface area (Å²) in [6.07, 6.45) is 0. The van der Waals surface area contributed by atoms with E-state index in [0.717, 1.165) is 48.5 Å². The molecule has 0 spiro atoms. The summed E-state index contributed by atoms with van der Waals surface area (Å²) < 4.78 is 153. The van der Waals surface area contributed by atoms with Gasteiger partial charge in [0.1, 0.15) is 9.79 Å². The van der Waals surface area contributed by atoms with Gasteiger partial charge < -0.3 is 0 Å². The summed E-state index contributed by atoms with van der Waals surface area (Å²) in [5.41, 5.74) is -9.60. The summed E-state index contributed by atoms with van der Waals surface area (Å²) in [6.45, 7) is -2.61. The van der Waals surface area contributed by atoms with E-state index in [9.17, 15) is 47.7 Å². The third-order valence-corrected chi connectivity index (χ3v) is 8.52. The normalized spacial score (nSPS) is 13.1. The first-order chi connectivity index (χ1) is 16.5. The Balaban J connectivity index is 1.91. The molecule has 0 amide bonds. The van der Waals surface area contributed by atoms with Crippen LogP contribution in [0.15, 0.2) is 68.1 Å². The molecule has 0 radical (unpaired) electrons. The molecule has 0 aliphatic carbocycles. The third kappa shape index (κ3) is 10.1. The van der Waals surface area contributed by atoms with Gasteiger partial charge in [-0.25, -0.2) is 8.37 Å². The first-order valence-corrected chi connectivity index (χ1v) is 14.3. The van der Waals surface area contributed by atoms with Crippen LogP contribution in [0.25, 0.3) is 0 Å². The van der Waals surface area contributed by atoms with Crippen LogP contribution < -0.4 is 0 Å². The maximum absolute atomic E-state index is 12.6. The quantitative estimate of drug-likeness (QED) is 0.0964. The van der Waals surface area contributed by atoms with Crippen LogP contribution in [0.1, 0.15) is 0 Å². The largest absolute Gasteiger partial charge is 0.702 e. The molecule has 200 valence electrons. The van der Waals surface area contributed by atoms with Gasteiger partial charge in [-0.3, -0.25) is 0 Å². The molecule has 0 bridgehead atoms. The number of hydrogen-bond acceptors (Lipinski definition) is 11. The highest BCUT2D eigenvalue weighted by Gasteiger charge is 2.35. The summed E-state index contributed by atoms with van der Waals surface area (Å²) in [7, 11) is -12.9. The molecule has 20 heteroatoms. The molecular weight excluding hydrogens is 609 g/mol. The van der Waals surface area contributed by atoms with E-state index in [1.54, 1.807) is 0 Å². The Labute approximate surface area is 209 Å². The molecular formula is C16H12F6O9PS4+. The smallest absolute Gasteiger partial charge is 0.232 e. The highest BCUT2D eigenvalue weighted by molar-refractivity contribution is 8.01. The molecule has 9 nitrogen and oxygen atoms in total. The first-order valence-electron chi connectivity index (χ1n) is 8.72. The fourth-order valence-corrected chi connectivity index (χ4v) is 6.36. The van der Waals surface area contributed by atoms with Crippen molar-refractivity contribution in [1.82, 2.24) is 0 Å². The Morgan fingerprint density at radius 2 is 1.00 bits per heavy atom. The van der Waals surface area contributed by atoms with Crippen molar-refractivity contribution < 1.29 is 65.2 Å². The van der Waals surface area contributed by atoms with E-state index in [1.165, 1.54) is 0 Å². The zero-order valence-electron chi connectivity index (χ0n) is 17.1. The van der Waals surface area contributed by atoms with Crippen LogP contribution in [-0.4, -0.2) is 41.4 Å². The number of hydrogen-bond donors (Lipinski definition) is 0. The predicted molar refractivity (Wildman–Crippen MR) is 113 cm³/mol. The number of halogens is 6. The summed E-state index contributed by atoms with van der Waals surface area (Å²) >= 11 is -1.42. The summed E-state index contributed by atoms with van der Waals surface area (Å²) in [6, 6.07) is 7.98. The monoisotopic (exact) mass is 621 g/mol. The van der Waals surface area contributed by atoms with Crippen molar-refractivity contribution in [2.45, 2.75) is 30.6 Å². The number of thioether (sulfide) groups is 2. The molecule has 0 atom stereocenters. The number of alkyl halides is 6. The molecule has 36 heavy (non-hydrogen) atoms. The highest BCUT2D eigenvalue weighted by atomic mass is 32.2. The molecule has 0 heterocycles. The van der Waals surface area contributed by atoms with Gasteiger partial charge in [-0.15, -0.1) is 0 Å². The van der Waals surface area contributed by atoms with Gasteiger partial charge in [-0.1, -0.05) is 33.3 Å². The zero-order valence-corrected chi connectivity index (χ0v) is 21.2. The maximum Gasteiger partial charge on any atom is 0.702 e. The van der Waals surface area contributed by atoms with Crippen molar-refractivity contribution in [1.29, 1.82) is 0 Å². The molecule has 0 aromatic heterocycles. The molecule has 2 aromatic rings. The van der Waals surface area contributed by atoms with Gasteiger partial charge in [-0.2, -0.15) is 43.2 Å². The fourth-order valence-electron chi connectivity index (χ4n) is 2.15. The minimum atomic E-state index is -4.81. The second-order valence-electron chi connectivity index (χ2n) is 5.85. The van der Waals surface area contributed by atoms with E-state index in [2.05, 4.69) is 17.4 Å². The van der Waals surface area contributed by atoms with Gasteiger partial charge >= 0.3 is 39.5 Å². The minimum absolute atomic E-state index is 0.701. The SMILES string of the molecule is O=[P+](OCOS(=O)(=O)c1ccccc1SC(F)(F)F)OCOS(=O)(=O)c1ccccc1SC(F)(F)F. The van der Waals surface area contributed by atoms with Crippen molar-refractivity contribution in [2.24, 2.45) is 0 Å². The van der Waals surface area contributed by atoms with E-state index < -0.39 is 96.2 Å². The van der Waals surface area contributed by atoms with Crippen molar-refractivity contribution in [3.8, 4) is 0 Å². The van der Waals surface area contributed by atoms with Crippen LogP contribution in [0.5, 0.6) is 0 Å². The number of rotatable bonds is 12.